The first-order valence-electron chi connectivity index (χ1n) is 5.09. The van der Waals surface area contributed by atoms with Gasteiger partial charge in [0.05, 0.1) is 0 Å². The van der Waals surface area contributed by atoms with Gasteiger partial charge < -0.3 is 4.74 Å². The van der Waals surface area contributed by atoms with E-state index in [0.29, 0.717) is 12.4 Å². The molecule has 0 spiro atoms. The van der Waals surface area contributed by atoms with Gasteiger partial charge in [0.2, 0.25) is 0 Å². The molecular formula is C13H10ClNO2. The summed E-state index contributed by atoms with van der Waals surface area (Å²) >= 11 is 5.41. The van der Waals surface area contributed by atoms with Gasteiger partial charge in [-0.25, -0.2) is 4.98 Å². The highest BCUT2D eigenvalue weighted by atomic mass is 35.5. The summed E-state index contributed by atoms with van der Waals surface area (Å²) < 4.78 is 5.52. The molecule has 2 rings (SSSR count). The van der Waals surface area contributed by atoms with Crippen LogP contribution in [0.3, 0.4) is 0 Å². The van der Waals surface area contributed by atoms with Crippen LogP contribution in [-0.2, 0) is 6.61 Å². The zero-order chi connectivity index (χ0) is 12.1. The molecule has 1 aromatic carbocycles. The van der Waals surface area contributed by atoms with E-state index in [-0.39, 0.29) is 5.69 Å². The van der Waals surface area contributed by atoms with E-state index in [0.717, 1.165) is 5.56 Å². The minimum Gasteiger partial charge on any atom is -0.486 e. The number of halogens is 1. The van der Waals surface area contributed by atoms with E-state index in [1.807, 2.05) is 30.3 Å². The van der Waals surface area contributed by atoms with Crippen LogP contribution in [0.1, 0.15) is 16.1 Å². The minimum atomic E-state index is -0.617. The van der Waals surface area contributed by atoms with E-state index >= 15 is 0 Å². The first-order valence-corrected chi connectivity index (χ1v) is 5.47. The number of aromatic nitrogens is 1. The molecule has 0 fully saturated rings. The van der Waals surface area contributed by atoms with E-state index in [1.165, 1.54) is 6.20 Å². The highest BCUT2D eigenvalue weighted by molar-refractivity contribution is 6.67. The maximum atomic E-state index is 11.1. The number of nitrogens with zero attached hydrogens (tertiary/aromatic N) is 1. The largest absolute Gasteiger partial charge is 0.486 e. The van der Waals surface area contributed by atoms with Gasteiger partial charge in [0, 0.05) is 6.20 Å². The summed E-state index contributed by atoms with van der Waals surface area (Å²) in [6.45, 7) is 0.379. The quantitative estimate of drug-likeness (QED) is 0.780. The Labute approximate surface area is 104 Å². The van der Waals surface area contributed by atoms with Crippen LogP contribution >= 0.6 is 11.6 Å². The second kappa shape index (κ2) is 5.46. The molecule has 17 heavy (non-hydrogen) atoms. The van der Waals surface area contributed by atoms with Crippen molar-refractivity contribution < 1.29 is 9.53 Å². The summed E-state index contributed by atoms with van der Waals surface area (Å²) in [5.41, 5.74) is 1.16. The third-order valence-corrected chi connectivity index (χ3v) is 2.37. The monoisotopic (exact) mass is 247 g/mol. The average molecular weight is 248 g/mol. The van der Waals surface area contributed by atoms with E-state index in [9.17, 15) is 4.79 Å². The summed E-state index contributed by atoms with van der Waals surface area (Å²) in [7, 11) is 0. The molecule has 2 aromatic rings. The topological polar surface area (TPSA) is 39.2 Å². The van der Waals surface area contributed by atoms with Gasteiger partial charge in [0.15, 0.2) is 5.69 Å². The molecule has 86 valence electrons. The number of hydrogen-bond acceptors (Lipinski definition) is 3. The molecule has 0 N–H and O–H groups in total. The second-order valence-electron chi connectivity index (χ2n) is 3.40. The third kappa shape index (κ3) is 3.04. The molecular weight excluding hydrogens is 238 g/mol. The smallest absolute Gasteiger partial charge is 0.274 e. The second-order valence-corrected chi connectivity index (χ2v) is 3.74. The van der Waals surface area contributed by atoms with Crippen LogP contribution in [-0.4, -0.2) is 10.2 Å². The van der Waals surface area contributed by atoms with Crippen molar-refractivity contribution >= 4 is 16.8 Å². The highest BCUT2D eigenvalue weighted by Crippen LogP contribution is 2.18. The van der Waals surface area contributed by atoms with Crippen LogP contribution in [0, 0.1) is 0 Å². The number of benzene rings is 1. The fourth-order valence-corrected chi connectivity index (χ4v) is 1.53. The SMILES string of the molecule is O=C(Cl)c1ncccc1OCc1ccccc1. The molecule has 0 saturated carbocycles. The molecule has 0 atom stereocenters. The van der Waals surface area contributed by atoms with E-state index in [1.54, 1.807) is 12.1 Å². The standard InChI is InChI=1S/C13H10ClNO2/c14-13(16)12-11(7-4-8-15-12)17-9-10-5-2-1-3-6-10/h1-8H,9H2. The van der Waals surface area contributed by atoms with Crippen molar-refractivity contribution in [2.24, 2.45) is 0 Å². The zero-order valence-corrected chi connectivity index (χ0v) is 9.72. The van der Waals surface area contributed by atoms with E-state index in [4.69, 9.17) is 16.3 Å². The number of carbonyl (C=O) groups excluding carboxylic acids is 1. The lowest BCUT2D eigenvalue weighted by Gasteiger charge is -2.07. The normalized spacial score (nSPS) is 9.94. The summed E-state index contributed by atoms with van der Waals surface area (Å²) in [6, 6.07) is 13.0. The molecule has 1 heterocycles. The predicted octanol–water partition coefficient (Wildman–Crippen LogP) is 3.04. The van der Waals surface area contributed by atoms with Crippen molar-refractivity contribution in [2.45, 2.75) is 6.61 Å². The van der Waals surface area contributed by atoms with Gasteiger partial charge in [-0.1, -0.05) is 30.3 Å². The highest BCUT2D eigenvalue weighted by Gasteiger charge is 2.10. The van der Waals surface area contributed by atoms with Crippen molar-refractivity contribution in [3.05, 3.63) is 59.9 Å². The molecule has 0 radical (unpaired) electrons. The van der Waals surface area contributed by atoms with Crippen LogP contribution in [0.5, 0.6) is 5.75 Å². The molecule has 0 amide bonds. The fourth-order valence-electron chi connectivity index (χ4n) is 1.39. The van der Waals surface area contributed by atoms with Crippen molar-refractivity contribution in [3.63, 3.8) is 0 Å². The summed E-state index contributed by atoms with van der Waals surface area (Å²) in [5, 5.41) is -0.617. The van der Waals surface area contributed by atoms with Crippen molar-refractivity contribution in [3.8, 4) is 5.75 Å². The Balaban J connectivity index is 2.12. The van der Waals surface area contributed by atoms with Crippen molar-refractivity contribution in [1.29, 1.82) is 0 Å². The van der Waals surface area contributed by atoms with E-state index < -0.39 is 5.24 Å². The maximum absolute atomic E-state index is 11.1. The van der Waals surface area contributed by atoms with Crippen molar-refractivity contribution in [2.75, 3.05) is 0 Å². The molecule has 4 heteroatoms. The van der Waals surface area contributed by atoms with Gasteiger partial charge in [-0.2, -0.15) is 0 Å². The molecule has 0 bridgehead atoms. The Morgan fingerprint density at radius 3 is 2.65 bits per heavy atom. The molecule has 0 aliphatic rings. The Hall–Kier alpha value is -1.87. The molecule has 0 saturated heterocycles. The van der Waals surface area contributed by atoms with Gasteiger partial charge in [-0.3, -0.25) is 4.79 Å². The number of rotatable bonds is 4. The summed E-state index contributed by atoms with van der Waals surface area (Å²) in [5.74, 6) is 0.399. The van der Waals surface area contributed by atoms with Gasteiger partial charge in [-0.05, 0) is 29.3 Å². The lowest BCUT2D eigenvalue weighted by Crippen LogP contribution is -2.02. The first-order chi connectivity index (χ1) is 8.27. The van der Waals surface area contributed by atoms with E-state index in [2.05, 4.69) is 4.98 Å². The van der Waals surface area contributed by atoms with Crippen LogP contribution in [0.25, 0.3) is 0 Å². The summed E-state index contributed by atoms with van der Waals surface area (Å²) in [6.07, 6.45) is 1.50. The summed E-state index contributed by atoms with van der Waals surface area (Å²) in [4.78, 5) is 15.0. The van der Waals surface area contributed by atoms with Gasteiger partial charge in [-0.15, -0.1) is 0 Å². The van der Waals surface area contributed by atoms with Gasteiger partial charge in [0.25, 0.3) is 5.24 Å². The fraction of sp³-hybridized carbons (Fsp3) is 0.0769. The Kier molecular flexibility index (Phi) is 3.73. The zero-order valence-electron chi connectivity index (χ0n) is 8.97. The first kappa shape index (κ1) is 11.6. The molecule has 0 aliphatic carbocycles. The molecule has 0 unspecified atom stereocenters. The minimum absolute atomic E-state index is 0.144. The Morgan fingerprint density at radius 2 is 1.94 bits per heavy atom. The van der Waals surface area contributed by atoms with Crippen LogP contribution in [0.2, 0.25) is 0 Å². The number of carbonyl (C=O) groups is 1. The van der Waals surface area contributed by atoms with Crippen molar-refractivity contribution in [1.82, 2.24) is 4.98 Å². The predicted molar refractivity (Wildman–Crippen MR) is 65.2 cm³/mol. The molecule has 0 aliphatic heterocycles. The third-order valence-electron chi connectivity index (χ3n) is 2.19. The van der Waals surface area contributed by atoms with Crippen LogP contribution in [0.15, 0.2) is 48.7 Å². The molecule has 3 nitrogen and oxygen atoms in total. The molecule has 1 aromatic heterocycles. The number of pyridine rings is 1. The number of ether oxygens (including phenoxy) is 1. The Bertz CT molecular complexity index is 514. The van der Waals surface area contributed by atoms with Gasteiger partial charge in [0.1, 0.15) is 12.4 Å². The lowest BCUT2D eigenvalue weighted by molar-refractivity contribution is 0.107. The lowest BCUT2D eigenvalue weighted by atomic mass is 10.2. The number of hydrogen-bond donors (Lipinski definition) is 0. The Morgan fingerprint density at radius 1 is 1.18 bits per heavy atom. The van der Waals surface area contributed by atoms with Crippen LogP contribution < -0.4 is 4.74 Å². The average Bonchev–Trinajstić information content (AvgIpc) is 2.38. The maximum Gasteiger partial charge on any atom is 0.274 e. The van der Waals surface area contributed by atoms with Crippen LogP contribution in [0.4, 0.5) is 0 Å². The van der Waals surface area contributed by atoms with Gasteiger partial charge >= 0.3 is 0 Å².